The number of aromatic hydroxyl groups is 1. The number of likely N-dealkylation sites (tertiary alicyclic amines) is 1. The van der Waals surface area contributed by atoms with Crippen LogP contribution in [0, 0.1) is 0 Å². The highest BCUT2D eigenvalue weighted by Gasteiger charge is 2.19. The van der Waals surface area contributed by atoms with Crippen molar-refractivity contribution < 1.29 is 5.11 Å². The van der Waals surface area contributed by atoms with E-state index in [0.29, 0.717) is 18.3 Å². The molecule has 1 aromatic rings. The van der Waals surface area contributed by atoms with Gasteiger partial charge >= 0.3 is 0 Å². The van der Waals surface area contributed by atoms with Crippen LogP contribution in [0.25, 0.3) is 0 Å². The fraction of sp³-hybridized carbons (Fsp3) is 0.632. The van der Waals surface area contributed by atoms with Gasteiger partial charge in [-0.2, -0.15) is 0 Å². The molecule has 24 heavy (non-hydrogen) atoms. The van der Waals surface area contributed by atoms with Crippen molar-refractivity contribution >= 4 is 5.96 Å². The van der Waals surface area contributed by atoms with E-state index < -0.39 is 0 Å². The number of rotatable bonds is 7. The summed E-state index contributed by atoms with van der Waals surface area (Å²) < 4.78 is 0. The molecule has 3 N–H and O–H groups in total. The summed E-state index contributed by atoms with van der Waals surface area (Å²) in [4.78, 5) is 7.23. The van der Waals surface area contributed by atoms with Gasteiger partial charge in [-0.05, 0) is 56.8 Å². The van der Waals surface area contributed by atoms with Crippen LogP contribution in [0.2, 0.25) is 0 Å². The minimum atomic E-state index is 0.320. The molecular formula is C19H32N4O. The van der Waals surface area contributed by atoms with E-state index in [1.807, 2.05) is 12.1 Å². The molecule has 5 heteroatoms. The number of nitrogens with one attached hydrogen (secondary N) is 2. The van der Waals surface area contributed by atoms with E-state index in [1.54, 1.807) is 12.1 Å². The van der Waals surface area contributed by atoms with Crippen LogP contribution in [-0.4, -0.2) is 54.7 Å². The molecule has 0 radical (unpaired) electrons. The minimum absolute atomic E-state index is 0.320. The Kier molecular flexibility index (Phi) is 7.89. The second-order valence-corrected chi connectivity index (χ2v) is 6.44. The second-order valence-electron chi connectivity index (χ2n) is 6.44. The normalized spacial score (nSPS) is 17.0. The summed E-state index contributed by atoms with van der Waals surface area (Å²) in [6.45, 7) is 9.48. The van der Waals surface area contributed by atoms with Gasteiger partial charge in [-0.15, -0.1) is 0 Å². The van der Waals surface area contributed by atoms with E-state index in [9.17, 15) is 5.11 Å². The first kappa shape index (κ1) is 18.6. The quantitative estimate of drug-likeness (QED) is 0.530. The topological polar surface area (TPSA) is 59.9 Å². The molecule has 1 aliphatic rings. The van der Waals surface area contributed by atoms with Crippen molar-refractivity contribution in [3.63, 3.8) is 0 Å². The van der Waals surface area contributed by atoms with Crippen LogP contribution in [0.15, 0.2) is 29.3 Å². The Morgan fingerprint density at radius 1 is 1.29 bits per heavy atom. The lowest BCUT2D eigenvalue weighted by atomic mass is 10.1. The van der Waals surface area contributed by atoms with Crippen molar-refractivity contribution in [2.24, 2.45) is 4.99 Å². The zero-order chi connectivity index (χ0) is 17.2. The Morgan fingerprint density at radius 2 is 2.08 bits per heavy atom. The molecule has 0 bridgehead atoms. The molecule has 0 aliphatic carbocycles. The summed E-state index contributed by atoms with van der Waals surface area (Å²) in [5.74, 6) is 1.23. The van der Waals surface area contributed by atoms with Gasteiger partial charge in [0.25, 0.3) is 0 Å². The van der Waals surface area contributed by atoms with Gasteiger partial charge < -0.3 is 20.6 Å². The first-order chi connectivity index (χ1) is 11.7. The summed E-state index contributed by atoms with van der Waals surface area (Å²) in [6, 6.07) is 7.92. The Hall–Kier alpha value is -1.75. The maximum absolute atomic E-state index is 9.52. The first-order valence-electron chi connectivity index (χ1n) is 9.26. The highest BCUT2D eigenvalue weighted by atomic mass is 16.3. The van der Waals surface area contributed by atoms with Crippen molar-refractivity contribution in [3.05, 3.63) is 29.8 Å². The average Bonchev–Trinajstić information content (AvgIpc) is 2.57. The lowest BCUT2D eigenvalue weighted by molar-refractivity contribution is 0.206. The van der Waals surface area contributed by atoms with Crippen molar-refractivity contribution in [3.8, 4) is 5.75 Å². The van der Waals surface area contributed by atoms with Crippen molar-refractivity contribution in [2.75, 3.05) is 32.7 Å². The fourth-order valence-corrected chi connectivity index (χ4v) is 3.14. The van der Waals surface area contributed by atoms with E-state index in [4.69, 9.17) is 0 Å². The predicted molar refractivity (Wildman–Crippen MR) is 101 cm³/mol. The third kappa shape index (κ3) is 6.40. The monoisotopic (exact) mass is 332 g/mol. The van der Waals surface area contributed by atoms with Crippen LogP contribution in [-0.2, 0) is 6.42 Å². The summed E-state index contributed by atoms with van der Waals surface area (Å²) in [7, 11) is 0. The van der Waals surface area contributed by atoms with Gasteiger partial charge in [-0.25, -0.2) is 0 Å². The third-order valence-corrected chi connectivity index (χ3v) is 4.39. The van der Waals surface area contributed by atoms with Crippen LogP contribution in [0.1, 0.15) is 38.7 Å². The number of benzene rings is 1. The summed E-state index contributed by atoms with van der Waals surface area (Å²) in [5.41, 5.74) is 1.11. The number of guanidine groups is 1. The molecule has 1 fully saturated rings. The lowest BCUT2D eigenvalue weighted by Gasteiger charge is -2.32. The van der Waals surface area contributed by atoms with Gasteiger partial charge in [0.15, 0.2) is 5.96 Å². The van der Waals surface area contributed by atoms with Gasteiger partial charge in [0.2, 0.25) is 0 Å². The van der Waals surface area contributed by atoms with Gasteiger partial charge in [0, 0.05) is 32.2 Å². The average molecular weight is 332 g/mol. The number of aliphatic imine (C=N–C) groups is 1. The van der Waals surface area contributed by atoms with E-state index in [-0.39, 0.29) is 0 Å². The first-order valence-corrected chi connectivity index (χ1v) is 9.26. The van der Waals surface area contributed by atoms with E-state index in [1.165, 1.54) is 38.9 Å². The highest BCUT2D eigenvalue weighted by Crippen LogP contribution is 2.12. The van der Waals surface area contributed by atoms with Crippen LogP contribution in [0.4, 0.5) is 0 Å². The molecule has 0 amide bonds. The van der Waals surface area contributed by atoms with Gasteiger partial charge in [0.1, 0.15) is 5.75 Å². The van der Waals surface area contributed by atoms with Crippen LogP contribution < -0.4 is 10.6 Å². The van der Waals surface area contributed by atoms with Crippen molar-refractivity contribution in [2.45, 2.75) is 45.6 Å². The van der Waals surface area contributed by atoms with Crippen molar-refractivity contribution in [1.29, 1.82) is 0 Å². The molecule has 1 saturated heterocycles. The number of hydrogen-bond acceptors (Lipinski definition) is 3. The summed E-state index contributed by atoms with van der Waals surface area (Å²) in [6.07, 6.45) is 4.42. The Morgan fingerprint density at radius 3 is 2.75 bits per heavy atom. The third-order valence-electron chi connectivity index (χ3n) is 4.39. The molecule has 2 rings (SSSR count). The zero-order valence-corrected chi connectivity index (χ0v) is 15.1. The Bertz CT molecular complexity index is 510. The molecule has 0 unspecified atom stereocenters. The Balaban J connectivity index is 1.80. The molecule has 0 aromatic heterocycles. The molecule has 5 nitrogen and oxygen atoms in total. The molecule has 1 aromatic carbocycles. The van der Waals surface area contributed by atoms with Crippen LogP contribution >= 0.6 is 0 Å². The molecule has 134 valence electrons. The molecular weight excluding hydrogens is 300 g/mol. The summed E-state index contributed by atoms with van der Waals surface area (Å²) >= 11 is 0. The van der Waals surface area contributed by atoms with Gasteiger partial charge in [0.05, 0.1) is 0 Å². The second kappa shape index (κ2) is 10.2. The standard InChI is InChI=1S/C19H32N4O/c1-3-12-23-13-9-17(10-14-23)22-19(20-4-2)21-11-8-16-6-5-7-18(24)15-16/h5-7,15,17,24H,3-4,8-14H2,1-2H3,(H2,20,21,22). The number of phenols is 1. The number of hydrogen-bond donors (Lipinski definition) is 3. The number of nitrogens with zero attached hydrogens (tertiary/aromatic N) is 2. The number of phenolic OH excluding ortho intramolecular Hbond substituents is 1. The van der Waals surface area contributed by atoms with Crippen LogP contribution in [0.5, 0.6) is 5.75 Å². The largest absolute Gasteiger partial charge is 0.508 e. The highest BCUT2D eigenvalue weighted by molar-refractivity contribution is 5.80. The minimum Gasteiger partial charge on any atom is -0.508 e. The molecule has 1 aliphatic heterocycles. The van der Waals surface area contributed by atoms with E-state index in [0.717, 1.165) is 24.5 Å². The van der Waals surface area contributed by atoms with E-state index in [2.05, 4.69) is 34.4 Å². The van der Waals surface area contributed by atoms with Gasteiger partial charge in [-0.3, -0.25) is 4.99 Å². The Labute approximate surface area is 146 Å². The predicted octanol–water partition coefficient (Wildman–Crippen LogP) is 2.36. The zero-order valence-electron chi connectivity index (χ0n) is 15.1. The maximum Gasteiger partial charge on any atom is 0.191 e. The van der Waals surface area contributed by atoms with Crippen LogP contribution in [0.3, 0.4) is 0 Å². The van der Waals surface area contributed by atoms with E-state index >= 15 is 0 Å². The SMILES string of the molecule is CCCN1CCC(NC(=NCCc2cccc(O)c2)NCC)CC1. The smallest absolute Gasteiger partial charge is 0.191 e. The summed E-state index contributed by atoms with van der Waals surface area (Å²) in [5, 5.41) is 16.4. The molecule has 0 saturated carbocycles. The molecule has 1 heterocycles. The molecule has 0 spiro atoms. The van der Waals surface area contributed by atoms with Crippen molar-refractivity contribution in [1.82, 2.24) is 15.5 Å². The van der Waals surface area contributed by atoms with Gasteiger partial charge in [-0.1, -0.05) is 19.1 Å². The fourth-order valence-electron chi connectivity index (χ4n) is 3.14. The molecule has 0 atom stereocenters. The maximum atomic E-state index is 9.52. The lowest BCUT2D eigenvalue weighted by Crippen LogP contribution is -2.48. The number of piperidine rings is 1.